The van der Waals surface area contributed by atoms with Crippen LogP contribution in [0, 0.1) is 0 Å². The maximum absolute atomic E-state index is 9.96. The topological polar surface area (TPSA) is 75.1 Å². The molecule has 0 amide bonds. The molecule has 1 aliphatic carbocycles. The van der Waals surface area contributed by atoms with Crippen LogP contribution < -0.4 is 15.4 Å². The van der Waals surface area contributed by atoms with Crippen molar-refractivity contribution in [2.45, 2.75) is 58.1 Å². The summed E-state index contributed by atoms with van der Waals surface area (Å²) in [7, 11) is 1.61. The van der Waals surface area contributed by atoms with Crippen molar-refractivity contribution in [2.24, 2.45) is 4.99 Å². The monoisotopic (exact) mass is 491 g/mol. The number of nitrogens with one attached hydrogen (secondary N) is 2. The summed E-state index contributed by atoms with van der Waals surface area (Å²) < 4.78 is 11.1. The van der Waals surface area contributed by atoms with Crippen molar-refractivity contribution in [1.82, 2.24) is 10.6 Å². The smallest absolute Gasteiger partial charge is 0.191 e. The Kier molecular flexibility index (Phi) is 12.2. The van der Waals surface area contributed by atoms with E-state index in [-0.39, 0.29) is 29.7 Å². The summed E-state index contributed by atoms with van der Waals surface area (Å²) in [4.78, 5) is 4.55. The van der Waals surface area contributed by atoms with Gasteiger partial charge >= 0.3 is 0 Å². The van der Waals surface area contributed by atoms with Gasteiger partial charge < -0.3 is 25.2 Å². The molecule has 0 unspecified atom stereocenters. The molecule has 0 heterocycles. The maximum atomic E-state index is 9.96. The van der Waals surface area contributed by atoms with Crippen molar-refractivity contribution in [3.63, 3.8) is 0 Å². The fraction of sp³-hybridized carbons (Fsp3) is 0.650. The second-order valence-electron chi connectivity index (χ2n) is 6.60. The standard InChI is InChI=1S/C20H33N3O3.HI/c1-3-21-20(22-12-7-13-26-17-8-5-4-6-9-17)23-15-16-14-18(25-2)10-11-19(16)24;/h10-11,14,17,24H,3-9,12-13,15H2,1-2H3,(H2,21,22,23);1H. The van der Waals surface area contributed by atoms with Crippen LogP contribution in [0.4, 0.5) is 0 Å². The number of guanidine groups is 1. The predicted octanol–water partition coefficient (Wildman–Crippen LogP) is 3.81. The summed E-state index contributed by atoms with van der Waals surface area (Å²) in [6, 6.07) is 5.17. The van der Waals surface area contributed by atoms with E-state index < -0.39 is 0 Å². The van der Waals surface area contributed by atoms with Gasteiger partial charge in [0.15, 0.2) is 5.96 Å². The molecule has 1 aromatic carbocycles. The lowest BCUT2D eigenvalue weighted by atomic mass is 9.98. The van der Waals surface area contributed by atoms with Crippen LogP contribution in [0.15, 0.2) is 23.2 Å². The molecule has 3 N–H and O–H groups in total. The first-order chi connectivity index (χ1) is 12.7. The SMILES string of the molecule is CCNC(=NCc1cc(OC)ccc1O)NCCCOC1CCCCC1.I. The lowest BCUT2D eigenvalue weighted by Crippen LogP contribution is -2.38. The number of phenols is 1. The fourth-order valence-corrected chi connectivity index (χ4v) is 3.08. The number of phenolic OH excluding ortho intramolecular Hbond substituents is 1. The van der Waals surface area contributed by atoms with Gasteiger partial charge in [0.05, 0.1) is 19.8 Å². The molecular formula is C20H34IN3O3. The fourth-order valence-electron chi connectivity index (χ4n) is 3.08. The Morgan fingerprint density at radius 3 is 2.70 bits per heavy atom. The summed E-state index contributed by atoms with van der Waals surface area (Å²) in [5.41, 5.74) is 0.738. The first-order valence-corrected chi connectivity index (χ1v) is 9.72. The van der Waals surface area contributed by atoms with E-state index in [1.54, 1.807) is 25.3 Å². The number of hydrogen-bond acceptors (Lipinski definition) is 4. The van der Waals surface area contributed by atoms with Gasteiger partial charge in [0.2, 0.25) is 0 Å². The number of hydrogen-bond donors (Lipinski definition) is 3. The molecule has 1 fully saturated rings. The van der Waals surface area contributed by atoms with Crippen molar-refractivity contribution >= 4 is 29.9 Å². The third-order valence-corrected chi connectivity index (χ3v) is 4.56. The van der Waals surface area contributed by atoms with Crippen LogP contribution in [0.5, 0.6) is 11.5 Å². The zero-order valence-corrected chi connectivity index (χ0v) is 18.8. The number of rotatable bonds is 9. The molecular weight excluding hydrogens is 457 g/mol. The number of benzene rings is 1. The van der Waals surface area contributed by atoms with Gasteiger partial charge in [0, 0.05) is 25.3 Å². The van der Waals surface area contributed by atoms with Gasteiger partial charge in [-0.3, -0.25) is 0 Å². The van der Waals surface area contributed by atoms with Gasteiger partial charge in [-0.25, -0.2) is 4.99 Å². The summed E-state index contributed by atoms with van der Waals surface area (Å²) >= 11 is 0. The number of aliphatic imine (C=N–C) groups is 1. The highest BCUT2D eigenvalue weighted by molar-refractivity contribution is 14.0. The molecule has 0 aliphatic heterocycles. The van der Waals surface area contributed by atoms with Crippen molar-refractivity contribution < 1.29 is 14.6 Å². The molecule has 154 valence electrons. The van der Waals surface area contributed by atoms with Crippen LogP contribution in [0.2, 0.25) is 0 Å². The van der Waals surface area contributed by atoms with Crippen LogP contribution in [0.25, 0.3) is 0 Å². The minimum Gasteiger partial charge on any atom is -0.508 e. The quantitative estimate of drug-likeness (QED) is 0.212. The van der Waals surface area contributed by atoms with E-state index in [0.29, 0.717) is 18.4 Å². The maximum Gasteiger partial charge on any atom is 0.191 e. The van der Waals surface area contributed by atoms with Gasteiger partial charge in [0.1, 0.15) is 11.5 Å². The molecule has 0 atom stereocenters. The molecule has 2 rings (SSSR count). The summed E-state index contributed by atoms with van der Waals surface area (Å²) in [6.07, 6.45) is 7.79. The van der Waals surface area contributed by atoms with E-state index in [1.165, 1.54) is 32.1 Å². The van der Waals surface area contributed by atoms with Gasteiger partial charge in [-0.05, 0) is 44.4 Å². The summed E-state index contributed by atoms with van der Waals surface area (Å²) in [5, 5.41) is 16.5. The van der Waals surface area contributed by atoms with Gasteiger partial charge in [0.25, 0.3) is 0 Å². The highest BCUT2D eigenvalue weighted by atomic mass is 127. The van der Waals surface area contributed by atoms with Gasteiger partial charge in [-0.1, -0.05) is 19.3 Å². The zero-order chi connectivity index (χ0) is 18.6. The van der Waals surface area contributed by atoms with Crippen molar-refractivity contribution in [3.8, 4) is 11.5 Å². The normalized spacial score (nSPS) is 15.1. The highest BCUT2D eigenvalue weighted by Gasteiger charge is 2.13. The van der Waals surface area contributed by atoms with E-state index in [0.717, 1.165) is 37.6 Å². The van der Waals surface area contributed by atoms with Gasteiger partial charge in [-0.2, -0.15) is 0 Å². The first kappa shape index (κ1) is 23.8. The predicted molar refractivity (Wildman–Crippen MR) is 120 cm³/mol. The molecule has 1 saturated carbocycles. The van der Waals surface area contributed by atoms with Crippen molar-refractivity contribution in [2.75, 3.05) is 26.8 Å². The van der Waals surface area contributed by atoms with E-state index in [9.17, 15) is 5.11 Å². The Morgan fingerprint density at radius 1 is 1.22 bits per heavy atom. The molecule has 0 aromatic heterocycles. The molecule has 27 heavy (non-hydrogen) atoms. The third-order valence-electron chi connectivity index (χ3n) is 4.56. The lowest BCUT2D eigenvalue weighted by molar-refractivity contribution is 0.0277. The second-order valence-corrected chi connectivity index (χ2v) is 6.60. The number of methoxy groups -OCH3 is 1. The van der Waals surface area contributed by atoms with Crippen LogP contribution in [-0.2, 0) is 11.3 Å². The van der Waals surface area contributed by atoms with Crippen molar-refractivity contribution in [1.29, 1.82) is 0 Å². The van der Waals surface area contributed by atoms with Crippen LogP contribution in [-0.4, -0.2) is 44.0 Å². The van der Waals surface area contributed by atoms with E-state index in [1.807, 2.05) is 6.92 Å². The van der Waals surface area contributed by atoms with E-state index in [2.05, 4.69) is 15.6 Å². The molecule has 0 spiro atoms. The molecule has 0 bridgehead atoms. The Labute approximate surface area is 180 Å². The third kappa shape index (κ3) is 9.01. The Bertz CT molecular complexity index is 563. The minimum atomic E-state index is 0. The number of aromatic hydroxyl groups is 1. The molecule has 0 radical (unpaired) electrons. The second kappa shape index (κ2) is 13.9. The zero-order valence-electron chi connectivity index (χ0n) is 16.5. The summed E-state index contributed by atoms with van der Waals surface area (Å²) in [6.45, 7) is 4.80. The van der Waals surface area contributed by atoms with Gasteiger partial charge in [-0.15, -0.1) is 24.0 Å². The highest BCUT2D eigenvalue weighted by Crippen LogP contribution is 2.23. The molecule has 1 aromatic rings. The Morgan fingerprint density at radius 2 is 2.00 bits per heavy atom. The molecule has 7 heteroatoms. The summed E-state index contributed by atoms with van der Waals surface area (Å²) in [5.74, 6) is 1.68. The lowest BCUT2D eigenvalue weighted by Gasteiger charge is -2.22. The Balaban J connectivity index is 0.00000364. The first-order valence-electron chi connectivity index (χ1n) is 9.72. The molecule has 1 aliphatic rings. The molecule has 6 nitrogen and oxygen atoms in total. The average molecular weight is 491 g/mol. The van der Waals surface area contributed by atoms with Crippen LogP contribution >= 0.6 is 24.0 Å². The van der Waals surface area contributed by atoms with Crippen LogP contribution in [0.3, 0.4) is 0 Å². The van der Waals surface area contributed by atoms with E-state index in [4.69, 9.17) is 9.47 Å². The van der Waals surface area contributed by atoms with E-state index >= 15 is 0 Å². The number of nitrogens with zero attached hydrogens (tertiary/aromatic N) is 1. The average Bonchev–Trinajstić information content (AvgIpc) is 2.67. The largest absolute Gasteiger partial charge is 0.508 e. The minimum absolute atomic E-state index is 0. The number of ether oxygens (including phenoxy) is 2. The number of halogens is 1. The molecule has 0 saturated heterocycles. The van der Waals surface area contributed by atoms with Crippen molar-refractivity contribution in [3.05, 3.63) is 23.8 Å². The Hall–Kier alpha value is -1.22. The van der Waals surface area contributed by atoms with Crippen LogP contribution in [0.1, 0.15) is 51.0 Å².